The third-order valence-corrected chi connectivity index (χ3v) is 2.76. The Bertz CT molecular complexity index is 466. The van der Waals surface area contributed by atoms with E-state index in [1.165, 1.54) is 0 Å². The highest BCUT2D eigenvalue weighted by Crippen LogP contribution is 2.20. The summed E-state index contributed by atoms with van der Waals surface area (Å²) in [5, 5.41) is -0.682. The van der Waals surface area contributed by atoms with Crippen molar-refractivity contribution in [1.82, 2.24) is 0 Å². The number of carbonyl (C=O) groups is 1. The number of esters is 1. The number of hydrogen-bond acceptors (Lipinski definition) is 3. The van der Waals surface area contributed by atoms with Crippen molar-refractivity contribution in [3.63, 3.8) is 0 Å². The number of benzene rings is 1. The van der Waals surface area contributed by atoms with E-state index in [4.69, 9.17) is 21.1 Å². The summed E-state index contributed by atoms with van der Waals surface area (Å²) in [6.07, 6.45) is 0.437. The van der Waals surface area contributed by atoms with Gasteiger partial charge in [0.25, 0.3) is 0 Å². The second-order valence-corrected chi connectivity index (χ2v) is 7.59. The second kappa shape index (κ2) is 6.69. The summed E-state index contributed by atoms with van der Waals surface area (Å²) in [6, 6.07) is 7.61. The lowest BCUT2D eigenvalue weighted by Gasteiger charge is -2.22. The Morgan fingerprint density at radius 2 is 1.57 bits per heavy atom. The van der Waals surface area contributed by atoms with Crippen LogP contribution in [-0.2, 0) is 16.0 Å². The Balaban J connectivity index is 2.61. The Hall–Kier alpha value is -1.22. The van der Waals surface area contributed by atoms with Crippen molar-refractivity contribution in [3.8, 4) is 5.75 Å². The minimum absolute atomic E-state index is 0.229. The largest absolute Gasteiger partial charge is 0.488 e. The van der Waals surface area contributed by atoms with Gasteiger partial charge >= 0.3 is 5.97 Å². The molecular formula is C17H25ClO3. The van der Waals surface area contributed by atoms with E-state index < -0.39 is 11.0 Å². The van der Waals surface area contributed by atoms with Crippen LogP contribution in [0, 0.1) is 0 Å². The van der Waals surface area contributed by atoms with Crippen LogP contribution in [-0.4, -0.2) is 22.5 Å². The van der Waals surface area contributed by atoms with Crippen molar-refractivity contribution in [1.29, 1.82) is 0 Å². The Kier molecular flexibility index (Phi) is 5.68. The molecule has 0 unspecified atom stereocenters. The van der Waals surface area contributed by atoms with Crippen LogP contribution in [0.4, 0.5) is 0 Å². The van der Waals surface area contributed by atoms with Gasteiger partial charge in [-0.1, -0.05) is 12.1 Å². The van der Waals surface area contributed by atoms with Crippen molar-refractivity contribution in [2.24, 2.45) is 0 Å². The molecule has 0 saturated heterocycles. The quantitative estimate of drug-likeness (QED) is 0.612. The molecule has 118 valence electrons. The molecule has 0 fully saturated rings. The molecule has 0 N–H and O–H groups in total. The molecule has 1 atom stereocenters. The molecule has 4 heteroatoms. The van der Waals surface area contributed by atoms with Gasteiger partial charge in [0, 0.05) is 0 Å². The highest BCUT2D eigenvalue weighted by atomic mass is 35.5. The fraction of sp³-hybridized carbons (Fsp3) is 0.588. The molecule has 0 aliphatic rings. The lowest BCUT2D eigenvalue weighted by molar-refractivity contribution is -0.154. The van der Waals surface area contributed by atoms with Crippen LogP contribution in [0.3, 0.4) is 0 Å². The fourth-order valence-corrected chi connectivity index (χ4v) is 1.93. The lowest BCUT2D eigenvalue weighted by Crippen LogP contribution is -2.30. The zero-order valence-corrected chi connectivity index (χ0v) is 14.5. The summed E-state index contributed by atoms with van der Waals surface area (Å²) in [4.78, 5) is 11.8. The molecule has 21 heavy (non-hydrogen) atoms. The molecule has 0 amide bonds. The standard InChI is InChI=1S/C17H25ClO3/c1-16(2,3)20-13-9-7-12(8-10-13)11-14(18)15(19)21-17(4,5)6/h7-10,14H,11H2,1-6H3/t14-/m0/s1. The predicted molar refractivity (Wildman–Crippen MR) is 86.0 cm³/mol. The number of ether oxygens (including phenoxy) is 2. The summed E-state index contributed by atoms with van der Waals surface area (Å²) in [5.74, 6) is 0.411. The van der Waals surface area contributed by atoms with E-state index in [1.807, 2.05) is 65.8 Å². The smallest absolute Gasteiger partial charge is 0.324 e. The summed E-state index contributed by atoms with van der Waals surface area (Å²) in [6.45, 7) is 11.5. The highest BCUT2D eigenvalue weighted by molar-refractivity contribution is 6.30. The Labute approximate surface area is 132 Å². The SMILES string of the molecule is CC(C)(C)OC(=O)[C@@H](Cl)Cc1ccc(OC(C)(C)C)cc1. The summed E-state index contributed by atoms with van der Waals surface area (Å²) < 4.78 is 11.0. The number of hydrogen-bond donors (Lipinski definition) is 0. The zero-order chi connectivity index (χ0) is 16.3. The first-order valence-corrected chi connectivity index (χ1v) is 7.55. The van der Waals surface area contributed by atoms with E-state index in [0.29, 0.717) is 6.42 Å². The van der Waals surface area contributed by atoms with E-state index in [9.17, 15) is 4.79 Å². The maximum atomic E-state index is 11.8. The van der Waals surface area contributed by atoms with Crippen molar-refractivity contribution < 1.29 is 14.3 Å². The maximum Gasteiger partial charge on any atom is 0.324 e. The van der Waals surface area contributed by atoms with Gasteiger partial charge in [0.05, 0.1) is 0 Å². The van der Waals surface area contributed by atoms with Crippen LogP contribution in [0.2, 0.25) is 0 Å². The van der Waals surface area contributed by atoms with Gasteiger partial charge in [0.1, 0.15) is 22.3 Å². The van der Waals surface area contributed by atoms with E-state index >= 15 is 0 Å². The third-order valence-electron chi connectivity index (χ3n) is 2.42. The molecule has 0 aliphatic heterocycles. The highest BCUT2D eigenvalue weighted by Gasteiger charge is 2.23. The Morgan fingerprint density at radius 3 is 2.00 bits per heavy atom. The first kappa shape index (κ1) is 17.8. The van der Waals surface area contributed by atoms with E-state index in [2.05, 4.69) is 0 Å². The van der Waals surface area contributed by atoms with Gasteiger partial charge in [-0.3, -0.25) is 4.79 Å². The van der Waals surface area contributed by atoms with E-state index in [1.54, 1.807) is 0 Å². The first-order chi connectivity index (χ1) is 9.46. The minimum Gasteiger partial charge on any atom is -0.488 e. The van der Waals surface area contributed by atoms with Gasteiger partial charge in [-0.05, 0) is 65.7 Å². The Morgan fingerprint density at radius 1 is 1.05 bits per heavy atom. The van der Waals surface area contributed by atoms with Crippen LogP contribution < -0.4 is 4.74 Å². The molecule has 0 aliphatic carbocycles. The molecule has 1 aromatic rings. The van der Waals surface area contributed by atoms with Gasteiger partial charge in [-0.25, -0.2) is 0 Å². The van der Waals surface area contributed by atoms with Crippen LogP contribution >= 0.6 is 11.6 Å². The van der Waals surface area contributed by atoms with Crippen LogP contribution in [0.5, 0.6) is 5.75 Å². The predicted octanol–water partition coefficient (Wildman–Crippen LogP) is 4.36. The lowest BCUT2D eigenvalue weighted by atomic mass is 10.1. The molecular weight excluding hydrogens is 288 g/mol. The van der Waals surface area contributed by atoms with Crippen molar-refractivity contribution in [2.45, 2.75) is 64.5 Å². The van der Waals surface area contributed by atoms with Gasteiger partial charge in [-0.2, -0.15) is 0 Å². The average molecular weight is 313 g/mol. The fourth-order valence-electron chi connectivity index (χ4n) is 1.70. The van der Waals surface area contributed by atoms with Crippen molar-refractivity contribution >= 4 is 17.6 Å². The van der Waals surface area contributed by atoms with Crippen LogP contribution in [0.1, 0.15) is 47.1 Å². The van der Waals surface area contributed by atoms with Crippen LogP contribution in [0.15, 0.2) is 24.3 Å². The first-order valence-electron chi connectivity index (χ1n) is 7.11. The molecule has 0 spiro atoms. The maximum absolute atomic E-state index is 11.8. The average Bonchev–Trinajstić information content (AvgIpc) is 2.27. The van der Waals surface area contributed by atoms with Gasteiger partial charge in [0.2, 0.25) is 0 Å². The molecule has 3 nitrogen and oxygen atoms in total. The van der Waals surface area contributed by atoms with E-state index in [0.717, 1.165) is 11.3 Å². The molecule has 0 radical (unpaired) electrons. The summed E-state index contributed by atoms with van der Waals surface area (Å²) in [7, 11) is 0. The molecule has 0 bridgehead atoms. The van der Waals surface area contributed by atoms with E-state index in [-0.39, 0.29) is 11.6 Å². The van der Waals surface area contributed by atoms with Crippen molar-refractivity contribution in [3.05, 3.63) is 29.8 Å². The monoisotopic (exact) mass is 312 g/mol. The second-order valence-electron chi connectivity index (χ2n) is 7.06. The minimum atomic E-state index is -0.682. The molecule has 1 rings (SSSR count). The van der Waals surface area contributed by atoms with Crippen LogP contribution in [0.25, 0.3) is 0 Å². The topological polar surface area (TPSA) is 35.5 Å². The molecule has 1 aromatic carbocycles. The molecule has 0 saturated carbocycles. The summed E-state index contributed by atoms with van der Waals surface area (Å²) >= 11 is 6.11. The summed E-state index contributed by atoms with van der Waals surface area (Å²) in [5.41, 5.74) is 0.226. The zero-order valence-electron chi connectivity index (χ0n) is 13.7. The van der Waals surface area contributed by atoms with Gasteiger partial charge in [-0.15, -0.1) is 11.6 Å². The third kappa shape index (κ3) is 7.37. The number of alkyl halides is 1. The number of halogens is 1. The van der Waals surface area contributed by atoms with Gasteiger partial charge in [0.15, 0.2) is 0 Å². The molecule has 0 heterocycles. The van der Waals surface area contributed by atoms with Gasteiger partial charge < -0.3 is 9.47 Å². The van der Waals surface area contributed by atoms with Crippen molar-refractivity contribution in [2.75, 3.05) is 0 Å². The number of rotatable bonds is 4. The normalized spacial score (nSPS) is 13.7. The number of carbonyl (C=O) groups excluding carboxylic acids is 1. The molecule has 0 aromatic heterocycles.